The lowest BCUT2D eigenvalue weighted by atomic mass is 9.64. The Labute approximate surface area is 102 Å². The van der Waals surface area contributed by atoms with E-state index in [1.807, 2.05) is 24.3 Å². The second kappa shape index (κ2) is 4.48. The second-order valence-electron chi connectivity index (χ2n) is 5.28. The van der Waals surface area contributed by atoms with Gasteiger partial charge in [-0.3, -0.25) is 0 Å². The Kier molecular flexibility index (Phi) is 3.19. The van der Waals surface area contributed by atoms with Gasteiger partial charge < -0.3 is 10.4 Å². The van der Waals surface area contributed by atoms with Crippen molar-refractivity contribution in [2.75, 3.05) is 0 Å². The molecular weight excluding hydrogens is 212 g/mol. The summed E-state index contributed by atoms with van der Waals surface area (Å²) in [6.07, 6.45) is 0.577. The highest BCUT2D eigenvalue weighted by atomic mass is 16.3. The fourth-order valence-electron chi connectivity index (χ4n) is 2.27. The zero-order valence-electron chi connectivity index (χ0n) is 10.3. The number of aliphatic hydroxyl groups is 1. The molecule has 3 heteroatoms. The van der Waals surface area contributed by atoms with E-state index in [0.717, 1.165) is 17.5 Å². The molecule has 2 rings (SSSR count). The van der Waals surface area contributed by atoms with Crippen LogP contribution in [0.2, 0.25) is 0 Å². The van der Waals surface area contributed by atoms with E-state index in [2.05, 4.69) is 25.2 Å². The number of benzene rings is 1. The monoisotopic (exact) mass is 230 g/mol. The second-order valence-corrected chi connectivity index (χ2v) is 5.28. The molecule has 1 fully saturated rings. The molecule has 90 valence electrons. The molecule has 0 bridgehead atoms. The van der Waals surface area contributed by atoms with Crippen molar-refractivity contribution in [3.8, 4) is 6.07 Å². The minimum atomic E-state index is -0.216. The quantitative estimate of drug-likeness (QED) is 0.832. The molecule has 3 nitrogen and oxygen atoms in total. The summed E-state index contributed by atoms with van der Waals surface area (Å²) in [5, 5.41) is 22.1. The smallest absolute Gasteiger partial charge is 0.0995 e. The van der Waals surface area contributed by atoms with E-state index < -0.39 is 0 Å². The van der Waals surface area contributed by atoms with Gasteiger partial charge in [-0.15, -0.1) is 0 Å². The lowest BCUT2D eigenvalue weighted by molar-refractivity contribution is -0.0729. The van der Waals surface area contributed by atoms with E-state index in [4.69, 9.17) is 5.26 Å². The Morgan fingerprint density at radius 1 is 1.47 bits per heavy atom. The van der Waals surface area contributed by atoms with Gasteiger partial charge >= 0.3 is 0 Å². The summed E-state index contributed by atoms with van der Waals surface area (Å²) in [7, 11) is 0. The fraction of sp³-hybridized carbons (Fsp3) is 0.500. The van der Waals surface area contributed by atoms with Crippen molar-refractivity contribution < 1.29 is 5.11 Å². The Morgan fingerprint density at radius 2 is 2.18 bits per heavy atom. The minimum Gasteiger partial charge on any atom is -0.392 e. The molecule has 0 saturated heterocycles. The summed E-state index contributed by atoms with van der Waals surface area (Å²) in [6, 6.07) is 10.1. The molecule has 1 aromatic carbocycles. The molecule has 2 N–H and O–H groups in total. The number of rotatable bonds is 3. The van der Waals surface area contributed by atoms with Gasteiger partial charge in [-0.05, 0) is 18.1 Å². The lowest BCUT2D eigenvalue weighted by Crippen LogP contribution is -2.59. The molecule has 0 heterocycles. The number of nitrogens with zero attached hydrogens (tertiary/aromatic N) is 1. The third-order valence-corrected chi connectivity index (χ3v) is 3.89. The van der Waals surface area contributed by atoms with E-state index in [9.17, 15) is 5.11 Å². The van der Waals surface area contributed by atoms with Crippen LogP contribution in [0.15, 0.2) is 24.3 Å². The first-order valence-electron chi connectivity index (χ1n) is 5.95. The number of aliphatic hydroxyl groups excluding tert-OH is 1. The molecule has 17 heavy (non-hydrogen) atoms. The van der Waals surface area contributed by atoms with E-state index >= 15 is 0 Å². The van der Waals surface area contributed by atoms with Crippen LogP contribution in [0.4, 0.5) is 0 Å². The standard InChI is InChI=1S/C14H18N2O/c1-14(2)12(7-13(14)17)16-9-11-6-4-3-5-10(11)8-15/h3-6,12-13,16-17H,7,9H2,1-2H3. The molecule has 0 spiro atoms. The summed E-state index contributed by atoms with van der Waals surface area (Å²) in [4.78, 5) is 0. The van der Waals surface area contributed by atoms with Crippen LogP contribution in [0.3, 0.4) is 0 Å². The van der Waals surface area contributed by atoms with Crippen molar-refractivity contribution in [2.45, 2.75) is 39.0 Å². The Balaban J connectivity index is 1.98. The lowest BCUT2D eigenvalue weighted by Gasteiger charge is -2.49. The first-order chi connectivity index (χ1) is 8.05. The van der Waals surface area contributed by atoms with Crippen LogP contribution in [0.1, 0.15) is 31.4 Å². The van der Waals surface area contributed by atoms with Crippen molar-refractivity contribution in [1.82, 2.24) is 5.32 Å². The third-order valence-electron chi connectivity index (χ3n) is 3.89. The van der Waals surface area contributed by atoms with Crippen LogP contribution in [0.5, 0.6) is 0 Å². The van der Waals surface area contributed by atoms with Crippen LogP contribution in [0, 0.1) is 16.7 Å². The van der Waals surface area contributed by atoms with E-state index in [1.54, 1.807) is 0 Å². The minimum absolute atomic E-state index is 0.0679. The van der Waals surface area contributed by atoms with Gasteiger partial charge in [0.05, 0.1) is 17.7 Å². The zero-order chi connectivity index (χ0) is 12.5. The van der Waals surface area contributed by atoms with Crippen LogP contribution >= 0.6 is 0 Å². The molecule has 1 aliphatic carbocycles. The van der Waals surface area contributed by atoms with Crippen LogP contribution in [0.25, 0.3) is 0 Å². The number of nitriles is 1. The average molecular weight is 230 g/mol. The van der Waals surface area contributed by atoms with Crippen molar-refractivity contribution in [3.05, 3.63) is 35.4 Å². The van der Waals surface area contributed by atoms with Crippen LogP contribution in [-0.2, 0) is 6.54 Å². The van der Waals surface area contributed by atoms with Gasteiger partial charge in [0.25, 0.3) is 0 Å². The average Bonchev–Trinajstić information content (AvgIpc) is 2.34. The molecule has 2 unspecified atom stereocenters. The zero-order valence-corrected chi connectivity index (χ0v) is 10.3. The Morgan fingerprint density at radius 3 is 2.76 bits per heavy atom. The highest BCUT2D eigenvalue weighted by molar-refractivity contribution is 5.37. The van der Waals surface area contributed by atoms with Gasteiger partial charge in [0.1, 0.15) is 0 Å². The summed E-state index contributed by atoms with van der Waals surface area (Å²) in [5.41, 5.74) is 1.67. The molecule has 0 aliphatic heterocycles. The molecule has 1 aliphatic rings. The largest absolute Gasteiger partial charge is 0.392 e. The molecule has 2 atom stereocenters. The van der Waals surface area contributed by atoms with Crippen molar-refractivity contribution in [3.63, 3.8) is 0 Å². The maximum atomic E-state index is 9.65. The Hall–Kier alpha value is -1.37. The van der Waals surface area contributed by atoms with Gasteiger partial charge in [-0.1, -0.05) is 32.0 Å². The topological polar surface area (TPSA) is 56.0 Å². The van der Waals surface area contributed by atoms with Crippen molar-refractivity contribution in [1.29, 1.82) is 5.26 Å². The van der Waals surface area contributed by atoms with E-state index in [-0.39, 0.29) is 11.5 Å². The Bertz CT molecular complexity index is 448. The van der Waals surface area contributed by atoms with Gasteiger partial charge in [-0.2, -0.15) is 5.26 Å². The van der Waals surface area contributed by atoms with Gasteiger partial charge in [-0.25, -0.2) is 0 Å². The molecule has 1 aromatic rings. The predicted molar refractivity (Wildman–Crippen MR) is 66.2 cm³/mol. The SMILES string of the molecule is CC1(C)C(O)CC1NCc1ccccc1C#N. The highest BCUT2D eigenvalue weighted by Crippen LogP contribution is 2.40. The highest BCUT2D eigenvalue weighted by Gasteiger charge is 2.46. The molecular formula is C14H18N2O. The van der Waals surface area contributed by atoms with Crippen LogP contribution < -0.4 is 5.32 Å². The fourth-order valence-corrected chi connectivity index (χ4v) is 2.27. The van der Waals surface area contributed by atoms with Crippen molar-refractivity contribution in [2.24, 2.45) is 5.41 Å². The number of nitrogens with one attached hydrogen (secondary N) is 1. The summed E-state index contributed by atoms with van der Waals surface area (Å²) >= 11 is 0. The first-order valence-corrected chi connectivity index (χ1v) is 5.95. The van der Waals surface area contributed by atoms with Gasteiger partial charge in [0, 0.05) is 18.0 Å². The summed E-state index contributed by atoms with van der Waals surface area (Å²) in [5.74, 6) is 0. The summed E-state index contributed by atoms with van der Waals surface area (Å²) in [6.45, 7) is 4.81. The normalized spacial score (nSPS) is 26.0. The molecule has 0 radical (unpaired) electrons. The molecule has 0 amide bonds. The number of hydrogen-bond donors (Lipinski definition) is 2. The van der Waals surface area contributed by atoms with Crippen LogP contribution in [-0.4, -0.2) is 17.3 Å². The van der Waals surface area contributed by atoms with Crippen molar-refractivity contribution >= 4 is 0 Å². The predicted octanol–water partition coefficient (Wildman–Crippen LogP) is 1.81. The van der Waals surface area contributed by atoms with Gasteiger partial charge in [0.15, 0.2) is 0 Å². The first kappa shape index (κ1) is 12.1. The van der Waals surface area contributed by atoms with E-state index in [0.29, 0.717) is 12.6 Å². The number of hydrogen-bond acceptors (Lipinski definition) is 3. The molecule has 0 aromatic heterocycles. The summed E-state index contributed by atoms with van der Waals surface area (Å²) < 4.78 is 0. The maximum Gasteiger partial charge on any atom is 0.0995 e. The van der Waals surface area contributed by atoms with Gasteiger partial charge in [0.2, 0.25) is 0 Å². The molecule has 1 saturated carbocycles. The van der Waals surface area contributed by atoms with E-state index in [1.165, 1.54) is 0 Å². The third kappa shape index (κ3) is 2.19. The maximum absolute atomic E-state index is 9.65.